The van der Waals surface area contributed by atoms with Gasteiger partial charge in [-0.15, -0.1) is 0 Å². The highest BCUT2D eigenvalue weighted by Crippen LogP contribution is 2.36. The smallest absolute Gasteiger partial charge is 0.221 e. The van der Waals surface area contributed by atoms with Crippen LogP contribution in [0, 0.1) is 0 Å². The summed E-state index contributed by atoms with van der Waals surface area (Å²) in [6.45, 7) is 4.00. The highest BCUT2D eigenvalue weighted by Gasteiger charge is 2.19. The van der Waals surface area contributed by atoms with Crippen LogP contribution in [0.5, 0.6) is 0 Å². The molecule has 0 spiro atoms. The first-order valence-corrected chi connectivity index (χ1v) is 10.9. The fourth-order valence-electron chi connectivity index (χ4n) is 3.55. The van der Waals surface area contributed by atoms with Crippen LogP contribution < -0.4 is 11.1 Å². The molecule has 1 amide bonds. The van der Waals surface area contributed by atoms with Gasteiger partial charge in [0.1, 0.15) is 0 Å². The monoisotopic (exact) mass is 441 g/mol. The molecule has 0 radical (unpaired) electrons. The van der Waals surface area contributed by atoms with Crippen molar-refractivity contribution < 1.29 is 4.79 Å². The SMILES string of the molecule is CC.NC(=O)Cc1ccc(Nc2cc(-c3cc(Cl)ccc3Cl)nc3c2CCC3)cc1. The number of aromatic nitrogens is 1. The molecule has 0 saturated carbocycles. The van der Waals surface area contributed by atoms with Gasteiger partial charge >= 0.3 is 0 Å². The van der Waals surface area contributed by atoms with Crippen molar-refractivity contribution >= 4 is 40.5 Å². The van der Waals surface area contributed by atoms with Gasteiger partial charge in [0.15, 0.2) is 0 Å². The Hall–Kier alpha value is -2.56. The Morgan fingerprint density at radius 2 is 1.80 bits per heavy atom. The van der Waals surface area contributed by atoms with E-state index in [9.17, 15) is 4.79 Å². The van der Waals surface area contributed by atoms with Crippen molar-refractivity contribution in [3.05, 3.63) is 75.4 Å². The number of primary amides is 1. The zero-order chi connectivity index (χ0) is 21.7. The summed E-state index contributed by atoms with van der Waals surface area (Å²) in [6, 6.07) is 15.1. The van der Waals surface area contributed by atoms with Crippen LogP contribution in [-0.2, 0) is 24.1 Å². The summed E-state index contributed by atoms with van der Waals surface area (Å²) in [5.74, 6) is -0.337. The first-order valence-electron chi connectivity index (χ1n) is 10.1. The van der Waals surface area contributed by atoms with Crippen LogP contribution >= 0.6 is 23.2 Å². The maximum absolute atomic E-state index is 11.1. The molecule has 30 heavy (non-hydrogen) atoms. The van der Waals surface area contributed by atoms with Gasteiger partial charge in [0, 0.05) is 27.7 Å². The lowest BCUT2D eigenvalue weighted by molar-refractivity contribution is -0.117. The second-order valence-electron chi connectivity index (χ2n) is 6.92. The van der Waals surface area contributed by atoms with Crippen LogP contribution in [0.2, 0.25) is 10.0 Å². The molecule has 4 rings (SSSR count). The Labute approximate surface area is 187 Å². The van der Waals surface area contributed by atoms with Crippen LogP contribution in [-0.4, -0.2) is 10.9 Å². The Balaban J connectivity index is 0.00000124. The molecule has 1 aliphatic rings. The number of carbonyl (C=O) groups is 1. The number of rotatable bonds is 5. The predicted molar refractivity (Wildman–Crippen MR) is 126 cm³/mol. The number of benzene rings is 2. The molecule has 0 aliphatic heterocycles. The minimum atomic E-state index is -0.337. The van der Waals surface area contributed by atoms with Gasteiger partial charge in [-0.25, -0.2) is 0 Å². The lowest BCUT2D eigenvalue weighted by Crippen LogP contribution is -2.13. The molecule has 0 atom stereocenters. The molecule has 0 saturated heterocycles. The second-order valence-corrected chi connectivity index (χ2v) is 7.77. The van der Waals surface area contributed by atoms with Crippen LogP contribution in [0.3, 0.4) is 0 Å². The van der Waals surface area contributed by atoms with E-state index < -0.39 is 0 Å². The molecule has 3 aromatic rings. The summed E-state index contributed by atoms with van der Waals surface area (Å²) < 4.78 is 0. The number of amides is 1. The molecule has 6 heteroatoms. The molecule has 2 aromatic carbocycles. The molecule has 1 aromatic heterocycles. The lowest BCUT2D eigenvalue weighted by atomic mass is 10.1. The number of fused-ring (bicyclic) bond motifs is 1. The van der Waals surface area contributed by atoms with E-state index >= 15 is 0 Å². The largest absolute Gasteiger partial charge is 0.369 e. The van der Waals surface area contributed by atoms with E-state index in [1.54, 1.807) is 12.1 Å². The fourth-order valence-corrected chi connectivity index (χ4v) is 3.94. The van der Waals surface area contributed by atoms with Crippen LogP contribution in [0.4, 0.5) is 11.4 Å². The maximum atomic E-state index is 11.1. The number of pyridine rings is 1. The predicted octanol–water partition coefficient (Wildman–Crippen LogP) is 6.34. The molecule has 0 fully saturated rings. The number of hydrogen-bond acceptors (Lipinski definition) is 3. The second kappa shape index (κ2) is 9.96. The molecule has 156 valence electrons. The van der Waals surface area contributed by atoms with Gasteiger partial charge in [-0.05, 0) is 66.8 Å². The zero-order valence-corrected chi connectivity index (χ0v) is 18.6. The topological polar surface area (TPSA) is 68.0 Å². The summed E-state index contributed by atoms with van der Waals surface area (Å²) in [4.78, 5) is 15.9. The fraction of sp³-hybridized carbons (Fsp3) is 0.250. The number of aryl methyl sites for hydroxylation is 1. The van der Waals surface area contributed by atoms with E-state index in [0.29, 0.717) is 10.0 Å². The summed E-state index contributed by atoms with van der Waals surface area (Å²) >= 11 is 12.6. The third kappa shape index (κ3) is 5.13. The molecule has 1 aliphatic carbocycles. The van der Waals surface area contributed by atoms with Crippen LogP contribution in [0.25, 0.3) is 11.3 Å². The van der Waals surface area contributed by atoms with Gasteiger partial charge in [-0.3, -0.25) is 9.78 Å². The molecule has 3 N–H and O–H groups in total. The van der Waals surface area contributed by atoms with Gasteiger partial charge in [0.25, 0.3) is 0 Å². The molecule has 1 heterocycles. The molecular weight excluding hydrogens is 417 g/mol. The quantitative estimate of drug-likeness (QED) is 0.484. The van der Waals surface area contributed by atoms with E-state index in [-0.39, 0.29) is 12.3 Å². The number of hydrogen-bond donors (Lipinski definition) is 2. The van der Waals surface area contributed by atoms with E-state index in [0.717, 1.165) is 53.2 Å². The van der Waals surface area contributed by atoms with Gasteiger partial charge in [-0.2, -0.15) is 0 Å². The van der Waals surface area contributed by atoms with Crippen LogP contribution in [0.1, 0.15) is 37.1 Å². The molecule has 4 nitrogen and oxygen atoms in total. The highest BCUT2D eigenvalue weighted by atomic mass is 35.5. The number of nitrogens with one attached hydrogen (secondary N) is 1. The summed E-state index contributed by atoms with van der Waals surface area (Å²) in [7, 11) is 0. The normalized spacial score (nSPS) is 12.0. The third-order valence-corrected chi connectivity index (χ3v) is 5.43. The molecule has 0 bridgehead atoms. The van der Waals surface area contributed by atoms with Crippen LogP contribution in [0.15, 0.2) is 48.5 Å². The first-order chi connectivity index (χ1) is 14.5. The van der Waals surface area contributed by atoms with Gasteiger partial charge in [0.2, 0.25) is 5.91 Å². The molecular formula is C24H25Cl2N3O. The number of nitrogens with zero attached hydrogens (tertiary/aromatic N) is 1. The minimum absolute atomic E-state index is 0.238. The average molecular weight is 442 g/mol. The first kappa shape index (κ1) is 22.1. The maximum Gasteiger partial charge on any atom is 0.221 e. The van der Waals surface area contributed by atoms with Crippen molar-refractivity contribution in [2.45, 2.75) is 39.5 Å². The number of anilines is 2. The zero-order valence-electron chi connectivity index (χ0n) is 17.1. The van der Waals surface area contributed by atoms with Crippen molar-refractivity contribution in [3.8, 4) is 11.3 Å². The minimum Gasteiger partial charge on any atom is -0.369 e. The summed E-state index contributed by atoms with van der Waals surface area (Å²) in [6.07, 6.45) is 3.27. The Kier molecular flexibility index (Phi) is 7.35. The van der Waals surface area contributed by atoms with E-state index in [4.69, 9.17) is 33.9 Å². The standard InChI is InChI=1S/C22H19Cl2N3O.C2H6/c23-14-6-9-18(24)17(11-14)21-12-20(16-2-1-3-19(16)27-21)26-15-7-4-13(5-8-15)10-22(25)28;1-2/h4-9,11-12H,1-3,10H2,(H2,25,28)(H,26,27);1-2H3. The summed E-state index contributed by atoms with van der Waals surface area (Å²) in [5.41, 5.74) is 12.1. The van der Waals surface area contributed by atoms with Gasteiger partial charge in [0.05, 0.1) is 17.1 Å². The molecule has 0 unspecified atom stereocenters. The number of carbonyl (C=O) groups excluding carboxylic acids is 1. The lowest BCUT2D eigenvalue weighted by Gasteiger charge is -2.15. The Morgan fingerprint density at radius 1 is 1.07 bits per heavy atom. The Morgan fingerprint density at radius 3 is 2.50 bits per heavy atom. The van der Waals surface area contributed by atoms with Gasteiger partial charge in [-0.1, -0.05) is 49.2 Å². The van der Waals surface area contributed by atoms with Crippen molar-refractivity contribution in [1.29, 1.82) is 0 Å². The average Bonchev–Trinajstić information content (AvgIpc) is 3.21. The Bertz CT molecular complexity index is 1050. The highest BCUT2D eigenvalue weighted by molar-refractivity contribution is 6.35. The number of nitrogens with two attached hydrogens (primary N) is 1. The van der Waals surface area contributed by atoms with Gasteiger partial charge < -0.3 is 11.1 Å². The third-order valence-electron chi connectivity index (χ3n) is 4.87. The van der Waals surface area contributed by atoms with Crippen molar-refractivity contribution in [1.82, 2.24) is 4.98 Å². The van der Waals surface area contributed by atoms with E-state index in [2.05, 4.69) is 5.32 Å². The van der Waals surface area contributed by atoms with Crippen molar-refractivity contribution in [3.63, 3.8) is 0 Å². The number of halogens is 2. The van der Waals surface area contributed by atoms with E-state index in [1.807, 2.05) is 50.2 Å². The summed E-state index contributed by atoms with van der Waals surface area (Å²) in [5, 5.41) is 4.74. The van der Waals surface area contributed by atoms with E-state index in [1.165, 1.54) is 5.56 Å². The van der Waals surface area contributed by atoms with Crippen molar-refractivity contribution in [2.75, 3.05) is 5.32 Å². The van der Waals surface area contributed by atoms with Crippen molar-refractivity contribution in [2.24, 2.45) is 5.73 Å².